The van der Waals surface area contributed by atoms with Crippen LogP contribution in [0.1, 0.15) is 28.7 Å². The lowest BCUT2D eigenvalue weighted by Crippen LogP contribution is -2.28. The maximum Gasteiger partial charge on any atom is 0.291 e. The van der Waals surface area contributed by atoms with E-state index in [2.05, 4.69) is 29.9 Å². The minimum Gasteiger partial charge on any atom is -0.366 e. The van der Waals surface area contributed by atoms with E-state index in [0.717, 1.165) is 31.0 Å². The van der Waals surface area contributed by atoms with Crippen LogP contribution in [0.2, 0.25) is 0 Å². The van der Waals surface area contributed by atoms with Crippen molar-refractivity contribution >= 4 is 11.9 Å². The summed E-state index contributed by atoms with van der Waals surface area (Å²) in [7, 11) is 1.68. The van der Waals surface area contributed by atoms with Crippen LogP contribution >= 0.6 is 0 Å². The van der Waals surface area contributed by atoms with Gasteiger partial charge in [-0.05, 0) is 6.42 Å². The quantitative estimate of drug-likeness (QED) is 0.747. The third-order valence-electron chi connectivity index (χ3n) is 3.12. The Balaban J connectivity index is 1.74. The number of amides is 1. The average molecular weight is 262 g/mol. The zero-order valence-electron chi connectivity index (χ0n) is 10.5. The van der Waals surface area contributed by atoms with Crippen LogP contribution in [0, 0.1) is 0 Å². The van der Waals surface area contributed by atoms with Crippen molar-refractivity contribution in [3.8, 4) is 0 Å². The van der Waals surface area contributed by atoms with E-state index >= 15 is 0 Å². The highest BCUT2D eigenvalue weighted by Gasteiger charge is 2.21. The molecular formula is C10H14N8O. The summed E-state index contributed by atoms with van der Waals surface area (Å²) in [6, 6.07) is 0. The van der Waals surface area contributed by atoms with Crippen LogP contribution < -0.4 is 5.73 Å². The summed E-state index contributed by atoms with van der Waals surface area (Å²) in [4.78, 5) is 17.4. The number of aromatic nitrogens is 6. The van der Waals surface area contributed by atoms with Crippen molar-refractivity contribution in [3.05, 3.63) is 17.5 Å². The predicted octanol–water partition coefficient (Wildman–Crippen LogP) is -0.803. The fraction of sp³-hybridized carbons (Fsp3) is 0.500. The zero-order chi connectivity index (χ0) is 13.4. The Hall–Kier alpha value is -2.45. The molecule has 0 saturated heterocycles. The van der Waals surface area contributed by atoms with Crippen molar-refractivity contribution in [1.82, 2.24) is 34.8 Å². The summed E-state index contributed by atoms with van der Waals surface area (Å²) < 4.78 is 2.05. The van der Waals surface area contributed by atoms with E-state index in [0.29, 0.717) is 6.54 Å². The Kier molecular flexibility index (Phi) is 2.65. The topological polar surface area (TPSA) is 119 Å². The van der Waals surface area contributed by atoms with Gasteiger partial charge in [-0.3, -0.25) is 9.89 Å². The fourth-order valence-corrected chi connectivity index (χ4v) is 2.16. The lowest BCUT2D eigenvalue weighted by Gasteiger charge is -2.14. The van der Waals surface area contributed by atoms with E-state index < -0.39 is 0 Å². The van der Waals surface area contributed by atoms with Crippen LogP contribution in [0.15, 0.2) is 0 Å². The van der Waals surface area contributed by atoms with Gasteiger partial charge in [-0.25, -0.2) is 0 Å². The Morgan fingerprint density at radius 3 is 3.11 bits per heavy atom. The number of aromatic amines is 1. The van der Waals surface area contributed by atoms with E-state index in [1.165, 1.54) is 4.90 Å². The van der Waals surface area contributed by atoms with E-state index in [-0.39, 0.29) is 17.7 Å². The van der Waals surface area contributed by atoms with Gasteiger partial charge in [-0.1, -0.05) is 0 Å². The van der Waals surface area contributed by atoms with Gasteiger partial charge in [0.2, 0.25) is 11.8 Å². The molecule has 0 fully saturated rings. The third-order valence-corrected chi connectivity index (χ3v) is 3.12. The van der Waals surface area contributed by atoms with Crippen molar-refractivity contribution in [2.45, 2.75) is 25.9 Å². The molecule has 0 aliphatic carbocycles. The number of rotatable bonds is 3. The summed E-state index contributed by atoms with van der Waals surface area (Å²) in [6.45, 7) is 1.29. The number of aryl methyl sites for hydroxylation is 1. The van der Waals surface area contributed by atoms with E-state index in [1.54, 1.807) is 7.05 Å². The van der Waals surface area contributed by atoms with Crippen molar-refractivity contribution in [2.75, 3.05) is 12.8 Å². The van der Waals surface area contributed by atoms with E-state index in [1.807, 2.05) is 0 Å². The lowest BCUT2D eigenvalue weighted by atomic mass is 10.4. The normalized spacial score (nSPS) is 13.5. The Morgan fingerprint density at radius 1 is 1.53 bits per heavy atom. The number of nitrogen functional groups attached to an aromatic ring is 1. The summed E-state index contributed by atoms with van der Waals surface area (Å²) >= 11 is 0. The lowest BCUT2D eigenvalue weighted by molar-refractivity contribution is 0.0768. The number of nitrogens with two attached hydrogens (primary N) is 1. The minimum atomic E-state index is -0.278. The van der Waals surface area contributed by atoms with Crippen molar-refractivity contribution < 1.29 is 4.79 Å². The molecule has 3 heterocycles. The smallest absolute Gasteiger partial charge is 0.291 e. The SMILES string of the molecule is CN(Cc1nnc2n1CCC2)C(=O)c1nc(N)n[nH]1. The number of nitrogens with zero attached hydrogens (tertiary/aromatic N) is 6. The Labute approximate surface area is 108 Å². The highest BCUT2D eigenvalue weighted by Crippen LogP contribution is 2.15. The van der Waals surface area contributed by atoms with Gasteiger partial charge in [0.15, 0.2) is 5.82 Å². The molecule has 100 valence electrons. The first kappa shape index (κ1) is 11.6. The van der Waals surface area contributed by atoms with Crippen molar-refractivity contribution in [2.24, 2.45) is 0 Å². The molecule has 0 atom stereocenters. The summed E-state index contributed by atoms with van der Waals surface area (Å²) in [6.07, 6.45) is 2.03. The number of H-pyrrole nitrogens is 1. The largest absolute Gasteiger partial charge is 0.366 e. The molecule has 2 aromatic rings. The van der Waals surface area contributed by atoms with E-state index in [4.69, 9.17) is 5.73 Å². The van der Waals surface area contributed by atoms with Crippen LogP contribution in [-0.4, -0.2) is 47.8 Å². The predicted molar refractivity (Wildman–Crippen MR) is 64.9 cm³/mol. The summed E-state index contributed by atoms with van der Waals surface area (Å²) in [5.41, 5.74) is 5.38. The van der Waals surface area contributed by atoms with Crippen LogP contribution in [0.4, 0.5) is 5.95 Å². The summed E-state index contributed by atoms with van der Waals surface area (Å²) in [5.74, 6) is 1.68. The molecule has 0 aromatic carbocycles. The van der Waals surface area contributed by atoms with Crippen LogP contribution in [-0.2, 0) is 19.5 Å². The zero-order valence-corrected chi connectivity index (χ0v) is 10.5. The number of hydrogen-bond donors (Lipinski definition) is 2. The molecule has 1 amide bonds. The Bertz CT molecular complexity index is 615. The molecule has 19 heavy (non-hydrogen) atoms. The maximum atomic E-state index is 12.1. The number of carbonyl (C=O) groups is 1. The van der Waals surface area contributed by atoms with Crippen molar-refractivity contribution in [3.63, 3.8) is 0 Å². The van der Waals surface area contributed by atoms with Gasteiger partial charge < -0.3 is 15.2 Å². The molecule has 0 bridgehead atoms. The van der Waals surface area contributed by atoms with Gasteiger partial charge in [-0.15, -0.1) is 15.3 Å². The average Bonchev–Trinajstić information content (AvgIpc) is 3.06. The first-order valence-electron chi connectivity index (χ1n) is 5.99. The molecule has 0 radical (unpaired) electrons. The molecule has 0 unspecified atom stereocenters. The molecule has 9 nitrogen and oxygen atoms in total. The number of anilines is 1. The second kappa shape index (κ2) is 4.34. The minimum absolute atomic E-state index is 0.0557. The fourth-order valence-electron chi connectivity index (χ4n) is 2.16. The molecule has 1 aliphatic rings. The molecule has 9 heteroatoms. The highest BCUT2D eigenvalue weighted by molar-refractivity contribution is 5.90. The van der Waals surface area contributed by atoms with Crippen LogP contribution in [0.25, 0.3) is 0 Å². The number of nitrogens with one attached hydrogen (secondary N) is 1. The second-order valence-electron chi connectivity index (χ2n) is 4.49. The van der Waals surface area contributed by atoms with Gasteiger partial charge in [0.1, 0.15) is 5.82 Å². The molecule has 0 spiro atoms. The maximum absolute atomic E-state index is 12.1. The van der Waals surface area contributed by atoms with Crippen LogP contribution in [0.5, 0.6) is 0 Å². The molecule has 0 saturated carbocycles. The van der Waals surface area contributed by atoms with Crippen molar-refractivity contribution in [1.29, 1.82) is 0 Å². The highest BCUT2D eigenvalue weighted by atomic mass is 16.2. The van der Waals surface area contributed by atoms with Gasteiger partial charge in [0.25, 0.3) is 5.91 Å². The molecule has 3 N–H and O–H groups in total. The molecule has 3 rings (SSSR count). The summed E-state index contributed by atoms with van der Waals surface area (Å²) in [5, 5.41) is 14.3. The number of fused-ring (bicyclic) bond motifs is 1. The molecule has 1 aliphatic heterocycles. The van der Waals surface area contributed by atoms with Gasteiger partial charge in [0, 0.05) is 20.0 Å². The molecular weight excluding hydrogens is 248 g/mol. The Morgan fingerprint density at radius 2 is 2.37 bits per heavy atom. The van der Waals surface area contributed by atoms with Crippen LogP contribution in [0.3, 0.4) is 0 Å². The van der Waals surface area contributed by atoms with Gasteiger partial charge in [-0.2, -0.15) is 4.98 Å². The first-order chi connectivity index (χ1) is 9.15. The number of hydrogen-bond acceptors (Lipinski definition) is 6. The first-order valence-corrected chi connectivity index (χ1v) is 5.99. The van der Waals surface area contributed by atoms with E-state index in [9.17, 15) is 4.79 Å². The van der Waals surface area contributed by atoms with Gasteiger partial charge in [0.05, 0.1) is 6.54 Å². The third kappa shape index (κ3) is 2.02. The molecule has 2 aromatic heterocycles. The second-order valence-corrected chi connectivity index (χ2v) is 4.49. The standard InChI is InChI=1S/C10H14N8O/c1-17(9(19)8-12-10(11)16-15-8)5-7-14-13-6-3-2-4-18(6)7/h2-5H2,1H3,(H3,11,12,15,16). The van der Waals surface area contributed by atoms with Gasteiger partial charge >= 0.3 is 0 Å². The number of carbonyl (C=O) groups excluding carboxylic acids is 1. The monoisotopic (exact) mass is 262 g/mol.